The van der Waals surface area contributed by atoms with Gasteiger partial charge in [-0.15, -0.1) is 11.8 Å². The van der Waals surface area contributed by atoms with Crippen molar-refractivity contribution in [3.05, 3.63) is 33.8 Å². The van der Waals surface area contributed by atoms with Crippen molar-refractivity contribution in [3.8, 4) is 11.8 Å². The highest BCUT2D eigenvalue weighted by molar-refractivity contribution is 6.36. The van der Waals surface area contributed by atoms with Crippen LogP contribution in [0.5, 0.6) is 0 Å². The van der Waals surface area contributed by atoms with Crippen LogP contribution in [-0.2, 0) is 0 Å². The van der Waals surface area contributed by atoms with Crippen molar-refractivity contribution in [1.29, 1.82) is 0 Å². The summed E-state index contributed by atoms with van der Waals surface area (Å²) in [5.74, 6) is 5.70. The van der Waals surface area contributed by atoms with Crippen LogP contribution in [0.15, 0.2) is 18.2 Å². The maximum absolute atomic E-state index is 5.99. The van der Waals surface area contributed by atoms with Crippen LogP contribution in [0.4, 0.5) is 0 Å². The number of hydrogen-bond donors (Lipinski definition) is 1. The van der Waals surface area contributed by atoms with E-state index in [2.05, 4.69) is 11.8 Å². The van der Waals surface area contributed by atoms with Crippen molar-refractivity contribution in [2.24, 2.45) is 5.73 Å². The van der Waals surface area contributed by atoms with Gasteiger partial charge in [-0.2, -0.15) is 0 Å². The summed E-state index contributed by atoms with van der Waals surface area (Å²) in [4.78, 5) is 0. The van der Waals surface area contributed by atoms with E-state index < -0.39 is 0 Å². The first-order valence-electron chi connectivity index (χ1n) is 4.26. The Hall–Kier alpha value is -0.680. The molecule has 2 N–H and O–H groups in total. The minimum Gasteiger partial charge on any atom is -0.323 e. The van der Waals surface area contributed by atoms with Gasteiger partial charge in [-0.1, -0.05) is 29.3 Å². The third kappa shape index (κ3) is 2.65. The molecular formula is C11H11Cl2N. The summed E-state index contributed by atoms with van der Waals surface area (Å²) in [6, 6.07) is 5.14. The molecule has 0 saturated heterocycles. The minimum atomic E-state index is -0.219. The molecule has 0 radical (unpaired) electrons. The Labute approximate surface area is 94.2 Å². The molecule has 0 spiro atoms. The monoisotopic (exact) mass is 227 g/mol. The molecule has 1 unspecified atom stereocenters. The first kappa shape index (κ1) is 11.4. The molecule has 1 nitrogen and oxygen atoms in total. The Balaban J connectivity index is 2.97. The van der Waals surface area contributed by atoms with Crippen LogP contribution < -0.4 is 5.73 Å². The van der Waals surface area contributed by atoms with Crippen molar-refractivity contribution in [2.75, 3.05) is 0 Å². The topological polar surface area (TPSA) is 26.0 Å². The van der Waals surface area contributed by atoms with Gasteiger partial charge >= 0.3 is 0 Å². The average Bonchev–Trinajstić information content (AvgIpc) is 2.14. The van der Waals surface area contributed by atoms with Crippen molar-refractivity contribution in [3.63, 3.8) is 0 Å². The Kier molecular flexibility index (Phi) is 4.28. The van der Waals surface area contributed by atoms with Gasteiger partial charge < -0.3 is 5.73 Å². The summed E-state index contributed by atoms with van der Waals surface area (Å²) in [6.07, 6.45) is 0.569. The van der Waals surface area contributed by atoms with Gasteiger partial charge in [-0.3, -0.25) is 0 Å². The zero-order chi connectivity index (χ0) is 10.6. The molecule has 0 fully saturated rings. The number of hydrogen-bond acceptors (Lipinski definition) is 1. The molecule has 0 bridgehead atoms. The molecule has 0 aromatic heterocycles. The van der Waals surface area contributed by atoms with E-state index in [1.165, 1.54) is 0 Å². The molecule has 0 amide bonds. The van der Waals surface area contributed by atoms with Crippen LogP contribution in [0.2, 0.25) is 10.0 Å². The van der Waals surface area contributed by atoms with Gasteiger partial charge in [0.15, 0.2) is 0 Å². The van der Waals surface area contributed by atoms with E-state index in [1.54, 1.807) is 25.1 Å². The third-order valence-electron chi connectivity index (χ3n) is 1.87. The fraction of sp³-hybridized carbons (Fsp3) is 0.273. The highest BCUT2D eigenvalue weighted by Crippen LogP contribution is 2.30. The maximum Gasteiger partial charge on any atom is 0.0469 e. The van der Waals surface area contributed by atoms with Crippen molar-refractivity contribution in [1.82, 2.24) is 0 Å². The van der Waals surface area contributed by atoms with Gasteiger partial charge in [0.2, 0.25) is 0 Å². The first-order chi connectivity index (χ1) is 6.66. The lowest BCUT2D eigenvalue weighted by Gasteiger charge is -2.12. The largest absolute Gasteiger partial charge is 0.323 e. The van der Waals surface area contributed by atoms with E-state index >= 15 is 0 Å². The second-order valence-corrected chi connectivity index (χ2v) is 3.69. The minimum absolute atomic E-state index is 0.219. The van der Waals surface area contributed by atoms with Crippen LogP contribution >= 0.6 is 23.2 Å². The number of halogens is 2. The Morgan fingerprint density at radius 3 is 2.43 bits per heavy atom. The molecule has 0 heterocycles. The number of benzene rings is 1. The van der Waals surface area contributed by atoms with Crippen molar-refractivity contribution < 1.29 is 0 Å². The Morgan fingerprint density at radius 2 is 1.93 bits per heavy atom. The molecule has 0 aliphatic rings. The van der Waals surface area contributed by atoms with Gasteiger partial charge in [0.1, 0.15) is 0 Å². The molecule has 1 aromatic rings. The fourth-order valence-corrected chi connectivity index (χ4v) is 1.86. The number of rotatable bonds is 2. The van der Waals surface area contributed by atoms with Gasteiger partial charge in [-0.25, -0.2) is 0 Å². The van der Waals surface area contributed by atoms with Crippen molar-refractivity contribution >= 4 is 23.2 Å². The van der Waals surface area contributed by atoms with Crippen LogP contribution in [0, 0.1) is 11.8 Å². The smallest absolute Gasteiger partial charge is 0.0469 e. The first-order valence-corrected chi connectivity index (χ1v) is 5.01. The molecule has 14 heavy (non-hydrogen) atoms. The van der Waals surface area contributed by atoms with Gasteiger partial charge in [-0.05, 0) is 19.1 Å². The summed E-state index contributed by atoms with van der Waals surface area (Å²) in [5, 5.41) is 1.20. The Bertz CT molecular complexity index is 356. The predicted molar refractivity (Wildman–Crippen MR) is 61.5 cm³/mol. The van der Waals surface area contributed by atoms with E-state index in [-0.39, 0.29) is 6.04 Å². The van der Waals surface area contributed by atoms with Crippen molar-refractivity contribution in [2.45, 2.75) is 19.4 Å². The molecule has 0 aliphatic carbocycles. The second kappa shape index (κ2) is 5.26. The summed E-state index contributed by atoms with van der Waals surface area (Å²) >= 11 is 12.0. The predicted octanol–water partition coefficient (Wildman–Crippen LogP) is 3.41. The molecule has 3 heteroatoms. The summed E-state index contributed by atoms with van der Waals surface area (Å²) in [6.45, 7) is 1.78. The highest BCUT2D eigenvalue weighted by atomic mass is 35.5. The molecule has 1 aromatic carbocycles. The standard InChI is InChI=1S/C11H11Cl2N/c1-2-3-7-10(14)11-8(12)5-4-6-9(11)13/h4-6,10H,7,14H2,1H3. The van der Waals surface area contributed by atoms with Gasteiger partial charge in [0.05, 0.1) is 0 Å². The van der Waals surface area contributed by atoms with E-state index in [9.17, 15) is 0 Å². The number of nitrogens with two attached hydrogens (primary N) is 1. The fourth-order valence-electron chi connectivity index (χ4n) is 1.18. The van der Waals surface area contributed by atoms with Gasteiger partial charge in [0, 0.05) is 28.1 Å². The zero-order valence-corrected chi connectivity index (χ0v) is 9.36. The van der Waals surface area contributed by atoms with E-state index in [4.69, 9.17) is 28.9 Å². The molecule has 1 atom stereocenters. The normalized spacial score (nSPS) is 11.7. The lowest BCUT2D eigenvalue weighted by molar-refractivity contribution is 0.754. The molecule has 0 aliphatic heterocycles. The van der Waals surface area contributed by atoms with Crippen LogP contribution in [0.3, 0.4) is 0 Å². The Morgan fingerprint density at radius 1 is 1.36 bits per heavy atom. The highest BCUT2D eigenvalue weighted by Gasteiger charge is 2.12. The molecular weight excluding hydrogens is 217 g/mol. The lowest BCUT2D eigenvalue weighted by Crippen LogP contribution is -2.10. The summed E-state index contributed by atoms with van der Waals surface area (Å²) < 4.78 is 0. The SMILES string of the molecule is CC#CCC(N)c1c(Cl)cccc1Cl. The zero-order valence-electron chi connectivity index (χ0n) is 7.85. The van der Waals surface area contributed by atoms with E-state index in [0.29, 0.717) is 16.5 Å². The molecule has 0 saturated carbocycles. The quantitative estimate of drug-likeness (QED) is 0.771. The van der Waals surface area contributed by atoms with E-state index in [1.807, 2.05) is 0 Å². The summed E-state index contributed by atoms with van der Waals surface area (Å²) in [5.41, 5.74) is 6.69. The molecule has 74 valence electrons. The van der Waals surface area contributed by atoms with E-state index in [0.717, 1.165) is 5.56 Å². The average molecular weight is 228 g/mol. The van der Waals surface area contributed by atoms with Crippen LogP contribution in [0.1, 0.15) is 24.9 Å². The summed E-state index contributed by atoms with van der Waals surface area (Å²) in [7, 11) is 0. The third-order valence-corrected chi connectivity index (χ3v) is 2.53. The molecule has 1 rings (SSSR count). The second-order valence-electron chi connectivity index (χ2n) is 2.87. The lowest BCUT2D eigenvalue weighted by atomic mass is 10.0. The van der Waals surface area contributed by atoms with Gasteiger partial charge in [0.25, 0.3) is 0 Å². The van der Waals surface area contributed by atoms with Crippen LogP contribution in [-0.4, -0.2) is 0 Å². The van der Waals surface area contributed by atoms with Crippen LogP contribution in [0.25, 0.3) is 0 Å². The maximum atomic E-state index is 5.99.